The van der Waals surface area contributed by atoms with E-state index in [9.17, 15) is 4.79 Å². The summed E-state index contributed by atoms with van der Waals surface area (Å²) in [5, 5.41) is 0. The molecule has 0 heterocycles. The number of nitrogens with one attached hydrogen (secondary N) is 1. The van der Waals surface area contributed by atoms with Gasteiger partial charge in [-0.3, -0.25) is 9.78 Å². The Kier molecular flexibility index (Phi) is 6.72. The fraction of sp³-hybridized carbons (Fsp3) is 0.875. The summed E-state index contributed by atoms with van der Waals surface area (Å²) in [5.41, 5.74) is 0. The molecule has 0 aliphatic rings. The zero-order chi connectivity index (χ0) is 11.0. The van der Waals surface area contributed by atoms with Crippen LogP contribution < -0.4 is 4.98 Å². The van der Waals surface area contributed by atoms with Gasteiger partial charge < -0.3 is 13.6 Å². The first kappa shape index (κ1) is 13.6. The van der Waals surface area contributed by atoms with E-state index in [4.69, 9.17) is 13.6 Å². The van der Waals surface area contributed by atoms with Gasteiger partial charge in [0, 0.05) is 27.2 Å². The third-order valence-electron chi connectivity index (χ3n) is 2.00. The maximum Gasteiger partial charge on any atom is 0.424 e. The van der Waals surface area contributed by atoms with Crippen LogP contribution in [-0.2, 0) is 18.4 Å². The van der Waals surface area contributed by atoms with Gasteiger partial charge in [-0.1, -0.05) is 0 Å². The van der Waals surface area contributed by atoms with Crippen molar-refractivity contribution in [2.75, 3.05) is 27.9 Å². The summed E-state index contributed by atoms with van der Waals surface area (Å²) in [5.74, 6) is -0.253. The van der Waals surface area contributed by atoms with Crippen molar-refractivity contribution in [2.24, 2.45) is 0 Å². The van der Waals surface area contributed by atoms with Crippen molar-refractivity contribution in [3.05, 3.63) is 0 Å². The van der Waals surface area contributed by atoms with E-state index < -0.39 is 8.72 Å². The highest BCUT2D eigenvalue weighted by atomic mass is 28.4. The molecule has 0 spiro atoms. The fourth-order valence-corrected chi connectivity index (χ4v) is 2.98. The molecule has 14 heavy (non-hydrogen) atoms. The molecule has 1 N–H and O–H groups in total. The molecule has 0 saturated carbocycles. The lowest BCUT2D eigenvalue weighted by atomic mass is 10.5. The molecule has 6 heteroatoms. The number of carbonyl (C=O) groups is 1. The normalized spacial score (nSPS) is 11.4. The van der Waals surface area contributed by atoms with E-state index in [1.807, 2.05) is 7.05 Å². The molecule has 0 amide bonds. The van der Waals surface area contributed by atoms with E-state index in [0.29, 0.717) is 6.61 Å². The van der Waals surface area contributed by atoms with E-state index in [0.717, 1.165) is 12.5 Å². The van der Waals surface area contributed by atoms with Gasteiger partial charge in [-0.05, 0) is 13.5 Å². The summed E-state index contributed by atoms with van der Waals surface area (Å²) in [6, 6.07) is 0.754. The lowest BCUT2D eigenvalue weighted by Crippen LogP contribution is -2.53. The third-order valence-corrected chi connectivity index (χ3v) is 5.09. The van der Waals surface area contributed by atoms with Crippen LogP contribution in [0.15, 0.2) is 0 Å². The Hall–Kier alpha value is -0.433. The first-order chi connectivity index (χ1) is 6.60. The van der Waals surface area contributed by atoms with Crippen molar-refractivity contribution >= 4 is 14.7 Å². The molecule has 0 aromatic carbocycles. The standard InChI is InChI=1S/C8H19NO4Si/c1-8(10)13-6-5-7-14(9-2,11-3)12-4/h9H,5-7H2,1-4H3. The smallest absolute Gasteiger partial charge is 0.424 e. The molecule has 0 aromatic rings. The lowest BCUT2D eigenvalue weighted by molar-refractivity contribution is -0.140. The molecule has 0 aromatic heterocycles. The van der Waals surface area contributed by atoms with Gasteiger partial charge in [0.15, 0.2) is 0 Å². The highest BCUT2D eigenvalue weighted by Crippen LogP contribution is 2.10. The van der Waals surface area contributed by atoms with Crippen molar-refractivity contribution in [3.8, 4) is 0 Å². The Morgan fingerprint density at radius 2 is 1.93 bits per heavy atom. The second-order valence-corrected chi connectivity index (χ2v) is 6.18. The van der Waals surface area contributed by atoms with Crippen molar-refractivity contribution in [2.45, 2.75) is 19.4 Å². The van der Waals surface area contributed by atoms with E-state index in [2.05, 4.69) is 4.98 Å². The highest BCUT2D eigenvalue weighted by molar-refractivity contribution is 6.64. The van der Waals surface area contributed by atoms with Crippen LogP contribution in [0.5, 0.6) is 0 Å². The molecule has 0 fully saturated rings. The zero-order valence-electron chi connectivity index (χ0n) is 9.25. The molecule has 0 rings (SSSR count). The van der Waals surface area contributed by atoms with Gasteiger partial charge in [0.05, 0.1) is 6.61 Å². The second kappa shape index (κ2) is 6.94. The Morgan fingerprint density at radius 3 is 2.29 bits per heavy atom. The van der Waals surface area contributed by atoms with Gasteiger partial charge in [-0.15, -0.1) is 0 Å². The number of rotatable bonds is 7. The van der Waals surface area contributed by atoms with Crippen molar-refractivity contribution in [1.29, 1.82) is 0 Å². The van der Waals surface area contributed by atoms with Gasteiger partial charge >= 0.3 is 14.7 Å². The van der Waals surface area contributed by atoms with Crippen LogP contribution in [-0.4, -0.2) is 42.6 Å². The predicted octanol–water partition coefficient (Wildman–Crippen LogP) is 0.391. The molecule has 0 aliphatic heterocycles. The second-order valence-electron chi connectivity index (χ2n) is 2.85. The number of esters is 1. The van der Waals surface area contributed by atoms with Crippen LogP contribution in [0.1, 0.15) is 13.3 Å². The lowest BCUT2D eigenvalue weighted by Gasteiger charge is -2.25. The van der Waals surface area contributed by atoms with E-state index in [1.54, 1.807) is 14.2 Å². The topological polar surface area (TPSA) is 56.8 Å². The Bertz CT molecular complexity index is 164. The maximum absolute atomic E-state index is 10.5. The third kappa shape index (κ3) is 4.71. The average molecular weight is 221 g/mol. The van der Waals surface area contributed by atoms with Gasteiger partial charge in [0.2, 0.25) is 0 Å². The first-order valence-corrected chi connectivity index (χ1v) is 6.55. The van der Waals surface area contributed by atoms with Crippen LogP contribution >= 0.6 is 0 Å². The minimum Gasteiger partial charge on any atom is -0.466 e. The summed E-state index contributed by atoms with van der Waals surface area (Å²) in [6.07, 6.45) is 0.744. The molecule has 84 valence electrons. The summed E-state index contributed by atoms with van der Waals surface area (Å²) < 4.78 is 15.4. The van der Waals surface area contributed by atoms with Crippen molar-refractivity contribution < 1.29 is 18.4 Å². The van der Waals surface area contributed by atoms with Crippen LogP contribution in [0.2, 0.25) is 6.04 Å². The molecule has 0 aliphatic carbocycles. The predicted molar refractivity (Wildman–Crippen MR) is 54.9 cm³/mol. The molecule has 0 bridgehead atoms. The van der Waals surface area contributed by atoms with Gasteiger partial charge in [0.25, 0.3) is 0 Å². The molecular formula is C8H19NO4Si. The number of ether oxygens (including phenoxy) is 1. The first-order valence-electron chi connectivity index (χ1n) is 4.53. The van der Waals surface area contributed by atoms with Crippen LogP contribution in [0, 0.1) is 0 Å². The van der Waals surface area contributed by atoms with E-state index in [1.165, 1.54) is 6.92 Å². The summed E-state index contributed by atoms with van der Waals surface area (Å²) in [6.45, 7) is 1.81. The quantitative estimate of drug-likeness (QED) is 0.383. The summed E-state index contributed by atoms with van der Waals surface area (Å²) in [7, 11) is 2.83. The van der Waals surface area contributed by atoms with Gasteiger partial charge in [-0.2, -0.15) is 0 Å². The van der Waals surface area contributed by atoms with Crippen molar-refractivity contribution in [1.82, 2.24) is 4.98 Å². The number of hydrogen-bond donors (Lipinski definition) is 1. The summed E-state index contributed by atoms with van der Waals surface area (Å²) in [4.78, 5) is 13.5. The summed E-state index contributed by atoms with van der Waals surface area (Å²) >= 11 is 0. The van der Waals surface area contributed by atoms with E-state index in [-0.39, 0.29) is 5.97 Å². The largest absolute Gasteiger partial charge is 0.466 e. The molecule has 5 nitrogen and oxygen atoms in total. The van der Waals surface area contributed by atoms with Gasteiger partial charge in [-0.25, -0.2) is 0 Å². The minimum absolute atomic E-state index is 0.253. The highest BCUT2D eigenvalue weighted by Gasteiger charge is 2.33. The Labute approximate surface area is 86.1 Å². The monoisotopic (exact) mass is 221 g/mol. The van der Waals surface area contributed by atoms with E-state index >= 15 is 0 Å². The number of carbonyl (C=O) groups excluding carboxylic acids is 1. The molecular weight excluding hydrogens is 202 g/mol. The molecule has 0 unspecified atom stereocenters. The zero-order valence-corrected chi connectivity index (χ0v) is 10.3. The van der Waals surface area contributed by atoms with Crippen LogP contribution in [0.25, 0.3) is 0 Å². The van der Waals surface area contributed by atoms with Crippen LogP contribution in [0.3, 0.4) is 0 Å². The molecule has 0 radical (unpaired) electrons. The fourth-order valence-electron chi connectivity index (χ4n) is 1.14. The van der Waals surface area contributed by atoms with Crippen LogP contribution in [0.4, 0.5) is 0 Å². The Balaban J connectivity index is 3.77. The SMILES string of the molecule is CN[Si](CCCOC(C)=O)(OC)OC. The Morgan fingerprint density at radius 1 is 1.36 bits per heavy atom. The number of hydrogen-bond acceptors (Lipinski definition) is 5. The van der Waals surface area contributed by atoms with Gasteiger partial charge in [0.1, 0.15) is 0 Å². The molecule has 0 saturated heterocycles. The maximum atomic E-state index is 10.5. The minimum atomic E-state index is -2.23. The van der Waals surface area contributed by atoms with Crippen molar-refractivity contribution in [3.63, 3.8) is 0 Å². The average Bonchev–Trinajstić information content (AvgIpc) is 2.19. The molecule has 0 atom stereocenters.